The average molecular weight is 266 g/mol. The molecular formula is C8H5F3N2O5. The number of nitro groups is 1. The van der Waals surface area contributed by atoms with Crippen LogP contribution in [0.25, 0.3) is 0 Å². The number of carbonyl (C=O) groups excluding carboxylic acids is 1. The molecule has 0 atom stereocenters. The number of aldehydes is 1. The normalized spacial score (nSPS) is 10.9. The topological polar surface area (TPSA) is 91.6 Å². The van der Waals surface area contributed by atoms with E-state index in [2.05, 4.69) is 14.5 Å². The van der Waals surface area contributed by atoms with Gasteiger partial charge in [-0.25, -0.2) is 0 Å². The molecule has 0 unspecified atom stereocenters. The number of halogens is 3. The first-order chi connectivity index (χ1) is 8.28. The van der Waals surface area contributed by atoms with E-state index in [0.29, 0.717) is 6.07 Å². The van der Waals surface area contributed by atoms with Crippen molar-refractivity contribution in [2.75, 3.05) is 7.11 Å². The van der Waals surface area contributed by atoms with Crippen LogP contribution in [0, 0.1) is 10.1 Å². The third kappa shape index (κ3) is 3.06. The molecule has 0 aromatic carbocycles. The lowest BCUT2D eigenvalue weighted by Crippen LogP contribution is -2.18. The fourth-order valence-electron chi connectivity index (χ4n) is 1.11. The molecule has 1 heterocycles. The third-order valence-corrected chi connectivity index (χ3v) is 1.68. The van der Waals surface area contributed by atoms with Crippen LogP contribution in [0.1, 0.15) is 10.4 Å². The van der Waals surface area contributed by atoms with E-state index in [1.54, 1.807) is 0 Å². The largest absolute Gasteiger partial charge is 0.575 e. The van der Waals surface area contributed by atoms with Crippen LogP contribution in [-0.2, 0) is 0 Å². The molecule has 0 bridgehead atoms. The Balaban J connectivity index is 3.36. The minimum atomic E-state index is -5.07. The number of rotatable bonds is 4. The first-order valence-electron chi connectivity index (χ1n) is 4.23. The van der Waals surface area contributed by atoms with E-state index >= 15 is 0 Å². The van der Waals surface area contributed by atoms with Gasteiger partial charge in [0.15, 0.2) is 6.29 Å². The average Bonchev–Trinajstić information content (AvgIpc) is 2.25. The highest BCUT2D eigenvalue weighted by Crippen LogP contribution is 2.32. The quantitative estimate of drug-likeness (QED) is 0.468. The van der Waals surface area contributed by atoms with Gasteiger partial charge in [-0.15, -0.1) is 13.2 Å². The molecule has 0 spiro atoms. The predicted octanol–water partition coefficient (Wildman–Crippen LogP) is 1.71. The van der Waals surface area contributed by atoms with Crippen molar-refractivity contribution in [1.82, 2.24) is 4.98 Å². The lowest BCUT2D eigenvalue weighted by Gasteiger charge is -2.07. The van der Waals surface area contributed by atoms with Gasteiger partial charge in [0, 0.05) is 11.1 Å². The molecule has 0 radical (unpaired) electrons. The van der Waals surface area contributed by atoms with Crippen molar-refractivity contribution in [3.05, 3.63) is 21.7 Å². The maximum Gasteiger partial charge on any atom is 0.575 e. The van der Waals surface area contributed by atoms with Gasteiger partial charge in [0.05, 0.1) is 12.7 Å². The summed E-state index contributed by atoms with van der Waals surface area (Å²) in [5, 5.41) is 10.6. The number of pyridine rings is 1. The van der Waals surface area contributed by atoms with Crippen molar-refractivity contribution < 1.29 is 32.4 Å². The van der Waals surface area contributed by atoms with E-state index in [4.69, 9.17) is 0 Å². The van der Waals surface area contributed by atoms with Gasteiger partial charge in [0.25, 0.3) is 0 Å². The van der Waals surface area contributed by atoms with Crippen molar-refractivity contribution in [2.24, 2.45) is 0 Å². The van der Waals surface area contributed by atoms with Crippen LogP contribution in [0.3, 0.4) is 0 Å². The van der Waals surface area contributed by atoms with Crippen molar-refractivity contribution in [3.8, 4) is 11.6 Å². The molecule has 10 heteroatoms. The molecule has 0 aliphatic rings. The van der Waals surface area contributed by atoms with Crippen LogP contribution >= 0.6 is 0 Å². The van der Waals surface area contributed by atoms with Gasteiger partial charge in [-0.3, -0.25) is 4.79 Å². The van der Waals surface area contributed by atoms with E-state index in [0.717, 1.165) is 7.11 Å². The highest BCUT2D eigenvalue weighted by Gasteiger charge is 2.35. The number of nitrogens with zero attached hydrogens (tertiary/aromatic N) is 2. The summed E-state index contributed by atoms with van der Waals surface area (Å²) in [5.74, 6) is -2.69. The number of carbonyl (C=O) groups is 1. The lowest BCUT2D eigenvalue weighted by atomic mass is 10.2. The Morgan fingerprint density at radius 2 is 2.11 bits per heavy atom. The molecule has 0 saturated carbocycles. The number of alkyl halides is 3. The van der Waals surface area contributed by atoms with Crippen LogP contribution in [0.2, 0.25) is 0 Å². The summed E-state index contributed by atoms with van der Waals surface area (Å²) in [6, 6.07) is 0.590. The predicted molar refractivity (Wildman–Crippen MR) is 49.5 cm³/mol. The Labute approximate surface area is 97.3 Å². The second kappa shape index (κ2) is 4.85. The van der Waals surface area contributed by atoms with Gasteiger partial charge in [0.2, 0.25) is 5.75 Å². The fraction of sp³-hybridized carbons (Fsp3) is 0.250. The zero-order chi connectivity index (χ0) is 13.9. The Kier molecular flexibility index (Phi) is 3.69. The molecule has 0 aliphatic heterocycles. The Morgan fingerprint density at radius 1 is 1.50 bits per heavy atom. The minimum absolute atomic E-state index is 0.0940. The van der Waals surface area contributed by atoms with Crippen LogP contribution in [0.4, 0.5) is 19.0 Å². The van der Waals surface area contributed by atoms with E-state index < -0.39 is 34.3 Å². The Morgan fingerprint density at radius 3 is 2.50 bits per heavy atom. The van der Waals surface area contributed by atoms with Crippen molar-refractivity contribution in [1.29, 1.82) is 0 Å². The smallest absolute Gasteiger partial charge is 0.489 e. The van der Waals surface area contributed by atoms with Gasteiger partial charge < -0.3 is 19.6 Å². The molecule has 1 aromatic heterocycles. The fourth-order valence-corrected chi connectivity index (χ4v) is 1.11. The summed E-state index contributed by atoms with van der Waals surface area (Å²) in [5.41, 5.74) is -0.474. The molecule has 18 heavy (non-hydrogen) atoms. The van der Waals surface area contributed by atoms with Gasteiger partial charge in [0.1, 0.15) is 0 Å². The zero-order valence-electron chi connectivity index (χ0n) is 8.72. The van der Waals surface area contributed by atoms with Crippen molar-refractivity contribution in [2.45, 2.75) is 6.36 Å². The first-order valence-corrected chi connectivity index (χ1v) is 4.23. The second-order valence-corrected chi connectivity index (χ2v) is 2.83. The van der Waals surface area contributed by atoms with Crippen molar-refractivity contribution >= 4 is 12.1 Å². The lowest BCUT2D eigenvalue weighted by molar-refractivity contribution is -0.390. The molecule has 0 saturated heterocycles. The highest BCUT2D eigenvalue weighted by atomic mass is 19.4. The summed E-state index contributed by atoms with van der Waals surface area (Å²) in [7, 11) is 1.02. The highest BCUT2D eigenvalue weighted by molar-refractivity contribution is 5.82. The number of hydrogen-bond acceptors (Lipinski definition) is 6. The van der Waals surface area contributed by atoms with E-state index in [9.17, 15) is 28.1 Å². The molecule has 7 nitrogen and oxygen atoms in total. The van der Waals surface area contributed by atoms with Gasteiger partial charge in [-0.1, -0.05) is 0 Å². The van der Waals surface area contributed by atoms with Gasteiger partial charge in [-0.05, 0) is 4.92 Å². The number of methoxy groups -OCH3 is 1. The molecule has 0 aliphatic carbocycles. The van der Waals surface area contributed by atoms with Crippen LogP contribution < -0.4 is 9.47 Å². The zero-order valence-corrected chi connectivity index (χ0v) is 8.72. The molecule has 1 rings (SSSR count). The Bertz CT molecular complexity index is 488. The standard InChI is InChI=1S/C8H5F3N2O5/c1-17-6-4(3-14)2-5(18-8(9,10)11)12-7(6)13(15)16/h2-3H,1H3. The van der Waals surface area contributed by atoms with Crippen molar-refractivity contribution in [3.63, 3.8) is 0 Å². The summed E-state index contributed by atoms with van der Waals surface area (Å²) in [6.07, 6.45) is -4.98. The first kappa shape index (κ1) is 13.7. The maximum atomic E-state index is 11.9. The molecule has 1 aromatic rings. The monoisotopic (exact) mass is 266 g/mol. The Hall–Kier alpha value is -2.39. The number of aromatic nitrogens is 1. The molecule has 98 valence electrons. The summed E-state index contributed by atoms with van der Waals surface area (Å²) < 4.78 is 43.8. The second-order valence-electron chi connectivity index (χ2n) is 2.83. The van der Waals surface area contributed by atoms with Gasteiger partial charge in [-0.2, -0.15) is 0 Å². The molecular weight excluding hydrogens is 261 g/mol. The molecule has 0 fully saturated rings. The SMILES string of the molecule is COc1c(C=O)cc(OC(F)(F)F)nc1[N+](=O)[O-]. The number of hydrogen-bond donors (Lipinski definition) is 0. The van der Waals surface area contributed by atoms with E-state index in [-0.39, 0.29) is 6.29 Å². The minimum Gasteiger partial charge on any atom is -0.489 e. The summed E-state index contributed by atoms with van der Waals surface area (Å²) in [6.45, 7) is 0. The van der Waals surface area contributed by atoms with E-state index in [1.807, 2.05) is 0 Å². The van der Waals surface area contributed by atoms with Crippen LogP contribution in [-0.4, -0.2) is 29.7 Å². The van der Waals surface area contributed by atoms with Gasteiger partial charge >= 0.3 is 18.1 Å². The summed E-state index contributed by atoms with van der Waals surface area (Å²) in [4.78, 5) is 23.1. The van der Waals surface area contributed by atoms with Crippen LogP contribution in [0.15, 0.2) is 6.07 Å². The third-order valence-electron chi connectivity index (χ3n) is 1.68. The number of ether oxygens (including phenoxy) is 2. The van der Waals surface area contributed by atoms with Crippen LogP contribution in [0.5, 0.6) is 11.6 Å². The molecule has 0 N–H and O–H groups in total. The summed E-state index contributed by atoms with van der Waals surface area (Å²) >= 11 is 0. The maximum absolute atomic E-state index is 11.9. The molecule has 0 amide bonds. The van der Waals surface area contributed by atoms with E-state index in [1.165, 1.54) is 0 Å².